The highest BCUT2D eigenvalue weighted by molar-refractivity contribution is 7.89. The molecule has 0 radical (unpaired) electrons. The number of carbonyl (C=O) groups excluding carboxylic acids is 1. The topological polar surface area (TPSA) is 95.9 Å². The summed E-state index contributed by atoms with van der Waals surface area (Å²) in [5.41, 5.74) is -0.827. The molecule has 1 heterocycles. The number of nitrogens with zero attached hydrogens (tertiary/aromatic N) is 1. The van der Waals surface area contributed by atoms with Crippen LogP contribution in [0.3, 0.4) is 0 Å². The van der Waals surface area contributed by atoms with E-state index in [0.29, 0.717) is 18.7 Å². The largest absolute Gasteiger partial charge is 0.386 e. The van der Waals surface area contributed by atoms with Crippen LogP contribution in [0.5, 0.6) is 0 Å². The van der Waals surface area contributed by atoms with Gasteiger partial charge in [0.15, 0.2) is 0 Å². The van der Waals surface area contributed by atoms with E-state index in [1.54, 1.807) is 6.92 Å². The summed E-state index contributed by atoms with van der Waals surface area (Å²) in [5, 5.41) is 12.6. The Bertz CT molecular complexity index is 664. The summed E-state index contributed by atoms with van der Waals surface area (Å²) >= 11 is 0. The second kappa shape index (κ2) is 7.60. The fourth-order valence-electron chi connectivity index (χ4n) is 2.59. The molecule has 24 heavy (non-hydrogen) atoms. The molecule has 2 rings (SSSR count). The Kier molecular flexibility index (Phi) is 5.97. The van der Waals surface area contributed by atoms with Gasteiger partial charge in [0, 0.05) is 32.3 Å². The van der Waals surface area contributed by atoms with Gasteiger partial charge < -0.3 is 15.2 Å². The first kappa shape index (κ1) is 18.9. The van der Waals surface area contributed by atoms with Crippen molar-refractivity contribution in [1.82, 2.24) is 9.62 Å². The molecular formula is C16H24N2O5S. The zero-order chi connectivity index (χ0) is 17.8. The van der Waals surface area contributed by atoms with Crippen molar-refractivity contribution in [2.75, 3.05) is 33.4 Å². The Morgan fingerprint density at radius 2 is 1.88 bits per heavy atom. The third kappa shape index (κ3) is 4.54. The van der Waals surface area contributed by atoms with E-state index in [0.717, 1.165) is 12.8 Å². The molecule has 7 nitrogen and oxygen atoms in total. The summed E-state index contributed by atoms with van der Waals surface area (Å²) < 4.78 is 31.2. The third-order valence-electron chi connectivity index (χ3n) is 3.90. The van der Waals surface area contributed by atoms with Crippen LogP contribution < -0.4 is 5.32 Å². The SMILES string of the molecule is COCC(C)(O)CNC(=O)c1ccc(S(=O)(=O)N2CCCC2)cc1. The van der Waals surface area contributed by atoms with E-state index < -0.39 is 15.6 Å². The fraction of sp³-hybridized carbons (Fsp3) is 0.562. The van der Waals surface area contributed by atoms with E-state index in [9.17, 15) is 18.3 Å². The molecule has 1 fully saturated rings. The number of ether oxygens (including phenoxy) is 1. The Morgan fingerprint density at radius 3 is 2.42 bits per heavy atom. The smallest absolute Gasteiger partial charge is 0.251 e. The number of benzene rings is 1. The normalized spacial score (nSPS) is 18.3. The van der Waals surface area contributed by atoms with Gasteiger partial charge in [-0.2, -0.15) is 4.31 Å². The maximum atomic E-state index is 12.4. The van der Waals surface area contributed by atoms with Crippen molar-refractivity contribution >= 4 is 15.9 Å². The molecular weight excluding hydrogens is 332 g/mol. The monoisotopic (exact) mass is 356 g/mol. The van der Waals surface area contributed by atoms with Gasteiger partial charge in [0.05, 0.1) is 11.5 Å². The van der Waals surface area contributed by atoms with Gasteiger partial charge in [0.2, 0.25) is 10.0 Å². The van der Waals surface area contributed by atoms with Crippen LogP contribution in [0.2, 0.25) is 0 Å². The van der Waals surface area contributed by atoms with Gasteiger partial charge in [-0.3, -0.25) is 4.79 Å². The van der Waals surface area contributed by atoms with Crippen molar-refractivity contribution in [2.24, 2.45) is 0 Å². The van der Waals surface area contributed by atoms with Crippen molar-refractivity contribution in [1.29, 1.82) is 0 Å². The van der Waals surface area contributed by atoms with Gasteiger partial charge in [-0.25, -0.2) is 8.42 Å². The maximum absolute atomic E-state index is 12.4. The molecule has 0 saturated carbocycles. The van der Waals surface area contributed by atoms with Crippen LogP contribution in [0.15, 0.2) is 29.2 Å². The molecule has 134 valence electrons. The average molecular weight is 356 g/mol. The van der Waals surface area contributed by atoms with E-state index >= 15 is 0 Å². The number of rotatable bonds is 7. The van der Waals surface area contributed by atoms with Crippen LogP contribution >= 0.6 is 0 Å². The average Bonchev–Trinajstić information content (AvgIpc) is 3.08. The Hall–Kier alpha value is -1.48. The summed E-state index contributed by atoms with van der Waals surface area (Å²) in [6, 6.07) is 5.83. The van der Waals surface area contributed by atoms with E-state index in [2.05, 4.69) is 5.32 Å². The molecule has 2 N–H and O–H groups in total. The van der Waals surface area contributed by atoms with E-state index in [1.165, 1.54) is 35.7 Å². The molecule has 0 spiro atoms. The molecule has 0 bridgehead atoms. The molecule has 1 aliphatic rings. The highest BCUT2D eigenvalue weighted by Gasteiger charge is 2.27. The van der Waals surface area contributed by atoms with Gasteiger partial charge in [-0.05, 0) is 44.0 Å². The molecule has 1 aliphatic heterocycles. The van der Waals surface area contributed by atoms with Crippen LogP contribution in [0.1, 0.15) is 30.1 Å². The molecule has 1 aromatic rings. The molecule has 1 aromatic carbocycles. The van der Waals surface area contributed by atoms with Crippen molar-refractivity contribution in [3.63, 3.8) is 0 Å². The molecule has 0 aliphatic carbocycles. The highest BCUT2D eigenvalue weighted by Crippen LogP contribution is 2.21. The third-order valence-corrected chi connectivity index (χ3v) is 5.82. The molecule has 1 atom stereocenters. The van der Waals surface area contributed by atoms with Crippen LogP contribution in [0.4, 0.5) is 0 Å². The van der Waals surface area contributed by atoms with Crippen molar-refractivity contribution in [2.45, 2.75) is 30.3 Å². The quantitative estimate of drug-likeness (QED) is 0.746. The fourth-order valence-corrected chi connectivity index (χ4v) is 4.11. The number of hydrogen-bond acceptors (Lipinski definition) is 5. The minimum absolute atomic E-state index is 0.0352. The zero-order valence-electron chi connectivity index (χ0n) is 14.0. The van der Waals surface area contributed by atoms with Gasteiger partial charge in [0.25, 0.3) is 5.91 Å². The lowest BCUT2D eigenvalue weighted by Gasteiger charge is -2.22. The first-order valence-electron chi connectivity index (χ1n) is 7.86. The number of aliphatic hydroxyl groups is 1. The van der Waals surface area contributed by atoms with Gasteiger partial charge >= 0.3 is 0 Å². The van der Waals surface area contributed by atoms with Crippen LogP contribution in [-0.2, 0) is 14.8 Å². The van der Waals surface area contributed by atoms with E-state index in [-0.39, 0.29) is 24.0 Å². The standard InChI is InChI=1S/C16H24N2O5S/c1-16(20,12-23-2)11-17-15(19)13-5-7-14(8-6-13)24(21,22)18-9-3-4-10-18/h5-8,20H,3-4,9-12H2,1-2H3,(H,17,19). The van der Waals surface area contributed by atoms with Crippen molar-refractivity contribution in [3.05, 3.63) is 29.8 Å². The highest BCUT2D eigenvalue weighted by atomic mass is 32.2. The van der Waals surface area contributed by atoms with Gasteiger partial charge in [0.1, 0.15) is 5.60 Å². The molecule has 0 aromatic heterocycles. The lowest BCUT2D eigenvalue weighted by molar-refractivity contribution is -0.0147. The molecule has 8 heteroatoms. The molecule has 1 unspecified atom stereocenters. The maximum Gasteiger partial charge on any atom is 0.251 e. The minimum Gasteiger partial charge on any atom is -0.386 e. The summed E-state index contributed by atoms with van der Waals surface area (Å²) in [6.07, 6.45) is 1.75. The summed E-state index contributed by atoms with van der Waals surface area (Å²) in [7, 11) is -2.01. The first-order chi connectivity index (χ1) is 11.3. The van der Waals surface area contributed by atoms with E-state index in [1.807, 2.05) is 0 Å². The zero-order valence-corrected chi connectivity index (χ0v) is 14.8. The minimum atomic E-state index is -3.48. The predicted molar refractivity (Wildman–Crippen MR) is 89.3 cm³/mol. The lowest BCUT2D eigenvalue weighted by Crippen LogP contribution is -2.43. The second-order valence-corrected chi connectivity index (χ2v) is 8.19. The van der Waals surface area contributed by atoms with Crippen LogP contribution in [0, 0.1) is 0 Å². The Balaban J connectivity index is 2.02. The summed E-state index contributed by atoms with van der Waals surface area (Å²) in [4.78, 5) is 12.3. The van der Waals surface area contributed by atoms with Crippen molar-refractivity contribution in [3.8, 4) is 0 Å². The van der Waals surface area contributed by atoms with Crippen LogP contribution in [0.25, 0.3) is 0 Å². The number of sulfonamides is 1. The Morgan fingerprint density at radius 1 is 1.29 bits per heavy atom. The number of nitrogens with one attached hydrogen (secondary N) is 1. The summed E-state index contributed by atoms with van der Waals surface area (Å²) in [5.74, 6) is -0.378. The van der Waals surface area contributed by atoms with E-state index in [4.69, 9.17) is 4.74 Å². The second-order valence-electron chi connectivity index (χ2n) is 6.25. The molecule has 1 amide bonds. The number of carbonyl (C=O) groups is 1. The predicted octanol–water partition coefficient (Wildman–Crippen LogP) is 0.598. The first-order valence-corrected chi connectivity index (χ1v) is 9.30. The van der Waals surface area contributed by atoms with Gasteiger partial charge in [-0.1, -0.05) is 0 Å². The molecule has 1 saturated heterocycles. The number of hydrogen-bond donors (Lipinski definition) is 2. The summed E-state index contributed by atoms with van der Waals surface area (Å²) in [6.45, 7) is 2.77. The van der Waals surface area contributed by atoms with Crippen molar-refractivity contribution < 1.29 is 23.1 Å². The van der Waals surface area contributed by atoms with Crippen LogP contribution in [-0.4, -0.2) is 62.7 Å². The lowest BCUT2D eigenvalue weighted by atomic mass is 10.1. The Labute approximate surface area is 142 Å². The number of methoxy groups -OCH3 is 1. The number of amides is 1. The van der Waals surface area contributed by atoms with Gasteiger partial charge in [-0.15, -0.1) is 0 Å².